The predicted molar refractivity (Wildman–Crippen MR) is 96.0 cm³/mol. The third kappa shape index (κ3) is 4.27. The Balaban J connectivity index is 1.70. The fourth-order valence-corrected chi connectivity index (χ4v) is 3.01. The number of anilines is 1. The van der Waals surface area contributed by atoms with Gasteiger partial charge in [0.05, 0.1) is 24.5 Å². The molecule has 0 unspecified atom stereocenters. The van der Waals surface area contributed by atoms with E-state index in [0.29, 0.717) is 17.1 Å². The van der Waals surface area contributed by atoms with Crippen LogP contribution in [0.5, 0.6) is 0 Å². The van der Waals surface area contributed by atoms with Crippen molar-refractivity contribution in [3.8, 4) is 6.07 Å². The van der Waals surface area contributed by atoms with Crippen LogP contribution in [0.3, 0.4) is 0 Å². The molecule has 1 aliphatic heterocycles. The standard InChI is InChI=1S/C19H20ClN3O/c20-18-5-6-19(17(11-18)12-21)22-13-15-3-1-2-4-16(15)14-23-7-9-24-10-8-23/h1-6,11,22H,7-10,13-14H2. The van der Waals surface area contributed by atoms with Crippen molar-refractivity contribution >= 4 is 17.3 Å². The maximum Gasteiger partial charge on any atom is 0.101 e. The number of hydrogen-bond acceptors (Lipinski definition) is 4. The number of nitrogens with one attached hydrogen (secondary N) is 1. The summed E-state index contributed by atoms with van der Waals surface area (Å²) in [5, 5.41) is 13.2. The number of ether oxygens (including phenoxy) is 1. The van der Waals surface area contributed by atoms with Crippen molar-refractivity contribution in [3.63, 3.8) is 0 Å². The van der Waals surface area contributed by atoms with Crippen molar-refractivity contribution in [1.29, 1.82) is 5.26 Å². The molecule has 0 saturated carbocycles. The highest BCUT2D eigenvalue weighted by molar-refractivity contribution is 6.30. The molecule has 1 fully saturated rings. The number of hydrogen-bond donors (Lipinski definition) is 1. The lowest BCUT2D eigenvalue weighted by atomic mass is 10.1. The molecule has 1 heterocycles. The quantitative estimate of drug-likeness (QED) is 0.901. The van der Waals surface area contributed by atoms with Gasteiger partial charge in [-0.2, -0.15) is 5.26 Å². The molecule has 5 heteroatoms. The molecule has 0 spiro atoms. The van der Waals surface area contributed by atoms with Gasteiger partial charge in [-0.05, 0) is 29.3 Å². The smallest absolute Gasteiger partial charge is 0.101 e. The molecular formula is C19H20ClN3O. The normalized spacial score (nSPS) is 15.0. The first-order valence-electron chi connectivity index (χ1n) is 8.06. The van der Waals surface area contributed by atoms with Crippen molar-refractivity contribution in [2.45, 2.75) is 13.1 Å². The highest BCUT2D eigenvalue weighted by atomic mass is 35.5. The van der Waals surface area contributed by atoms with Gasteiger partial charge in [-0.1, -0.05) is 35.9 Å². The topological polar surface area (TPSA) is 48.3 Å². The third-order valence-electron chi connectivity index (χ3n) is 4.19. The summed E-state index contributed by atoms with van der Waals surface area (Å²) in [4.78, 5) is 2.41. The first-order chi connectivity index (χ1) is 11.8. The maximum absolute atomic E-state index is 9.24. The molecule has 0 aromatic heterocycles. The second-order valence-electron chi connectivity index (χ2n) is 5.81. The Morgan fingerprint density at radius 1 is 1.12 bits per heavy atom. The zero-order valence-electron chi connectivity index (χ0n) is 13.5. The number of halogens is 1. The minimum Gasteiger partial charge on any atom is -0.380 e. The molecule has 2 aromatic carbocycles. The SMILES string of the molecule is N#Cc1cc(Cl)ccc1NCc1ccccc1CN1CCOCC1. The zero-order valence-corrected chi connectivity index (χ0v) is 14.2. The summed E-state index contributed by atoms with van der Waals surface area (Å²) in [5.74, 6) is 0. The number of benzene rings is 2. The molecule has 1 aliphatic rings. The van der Waals surface area contributed by atoms with Crippen molar-refractivity contribution in [2.75, 3.05) is 31.6 Å². The zero-order chi connectivity index (χ0) is 16.8. The van der Waals surface area contributed by atoms with Gasteiger partial charge in [-0.15, -0.1) is 0 Å². The fraction of sp³-hybridized carbons (Fsp3) is 0.316. The Labute approximate surface area is 147 Å². The Morgan fingerprint density at radius 3 is 2.62 bits per heavy atom. The van der Waals surface area contributed by atoms with Gasteiger partial charge >= 0.3 is 0 Å². The fourth-order valence-electron chi connectivity index (χ4n) is 2.84. The van der Waals surface area contributed by atoms with Crippen LogP contribution in [0, 0.1) is 11.3 Å². The van der Waals surface area contributed by atoms with Crippen LogP contribution in [0.1, 0.15) is 16.7 Å². The second-order valence-corrected chi connectivity index (χ2v) is 6.25. The number of morpholine rings is 1. The summed E-state index contributed by atoms with van der Waals surface area (Å²) in [6.45, 7) is 5.15. The molecule has 0 atom stereocenters. The molecule has 1 N–H and O–H groups in total. The van der Waals surface area contributed by atoms with Crippen LogP contribution in [-0.2, 0) is 17.8 Å². The molecule has 3 rings (SSSR count). The molecule has 1 saturated heterocycles. The Bertz CT molecular complexity index is 736. The highest BCUT2D eigenvalue weighted by Crippen LogP contribution is 2.21. The largest absolute Gasteiger partial charge is 0.380 e. The van der Waals surface area contributed by atoms with Gasteiger partial charge in [0.2, 0.25) is 0 Å². The van der Waals surface area contributed by atoms with Crippen molar-refractivity contribution < 1.29 is 4.74 Å². The second kappa shape index (κ2) is 8.16. The number of nitrogens with zero attached hydrogens (tertiary/aromatic N) is 2. The van der Waals surface area contributed by atoms with Gasteiger partial charge in [0.1, 0.15) is 6.07 Å². The lowest BCUT2D eigenvalue weighted by Gasteiger charge is -2.27. The van der Waals surface area contributed by atoms with E-state index < -0.39 is 0 Å². The Morgan fingerprint density at radius 2 is 1.88 bits per heavy atom. The summed E-state index contributed by atoms with van der Waals surface area (Å²) in [6, 6.07) is 15.9. The van der Waals surface area contributed by atoms with E-state index in [4.69, 9.17) is 16.3 Å². The van der Waals surface area contributed by atoms with E-state index in [1.54, 1.807) is 12.1 Å². The van der Waals surface area contributed by atoms with Crippen LogP contribution in [0.25, 0.3) is 0 Å². The third-order valence-corrected chi connectivity index (χ3v) is 4.42. The van der Waals surface area contributed by atoms with Crippen LogP contribution < -0.4 is 5.32 Å². The minimum absolute atomic E-state index is 0.563. The first-order valence-corrected chi connectivity index (χ1v) is 8.44. The Kier molecular flexibility index (Phi) is 5.71. The lowest BCUT2D eigenvalue weighted by Crippen LogP contribution is -2.35. The molecule has 0 amide bonds. The van der Waals surface area contributed by atoms with Gasteiger partial charge in [0.15, 0.2) is 0 Å². The van der Waals surface area contributed by atoms with Crippen LogP contribution in [0.15, 0.2) is 42.5 Å². The van der Waals surface area contributed by atoms with Crippen molar-refractivity contribution in [2.24, 2.45) is 0 Å². The van der Waals surface area contributed by atoms with Crippen LogP contribution >= 0.6 is 11.6 Å². The van der Waals surface area contributed by atoms with E-state index >= 15 is 0 Å². The summed E-state index contributed by atoms with van der Waals surface area (Å²) in [5.41, 5.74) is 3.92. The van der Waals surface area contributed by atoms with Gasteiger partial charge in [-0.3, -0.25) is 4.90 Å². The van der Waals surface area contributed by atoms with Gasteiger partial charge in [0, 0.05) is 31.2 Å². The average Bonchev–Trinajstić information content (AvgIpc) is 2.62. The van der Waals surface area contributed by atoms with Gasteiger partial charge in [-0.25, -0.2) is 0 Å². The summed E-state index contributed by atoms with van der Waals surface area (Å²) < 4.78 is 5.41. The molecule has 24 heavy (non-hydrogen) atoms. The maximum atomic E-state index is 9.24. The van der Waals surface area contributed by atoms with Crippen molar-refractivity contribution in [1.82, 2.24) is 4.90 Å². The minimum atomic E-state index is 0.563. The van der Waals surface area contributed by atoms with E-state index in [9.17, 15) is 5.26 Å². The van der Waals surface area contributed by atoms with E-state index in [1.807, 2.05) is 12.1 Å². The summed E-state index contributed by atoms with van der Waals surface area (Å²) in [6.07, 6.45) is 0. The van der Waals surface area contributed by atoms with E-state index in [2.05, 4.69) is 34.5 Å². The molecule has 124 valence electrons. The number of rotatable bonds is 5. The van der Waals surface area contributed by atoms with E-state index in [-0.39, 0.29) is 0 Å². The average molecular weight is 342 g/mol. The molecule has 4 nitrogen and oxygen atoms in total. The molecule has 0 radical (unpaired) electrons. The molecule has 2 aromatic rings. The van der Waals surface area contributed by atoms with Crippen LogP contribution in [0.4, 0.5) is 5.69 Å². The van der Waals surface area contributed by atoms with Crippen LogP contribution in [-0.4, -0.2) is 31.2 Å². The summed E-state index contributed by atoms with van der Waals surface area (Å²) >= 11 is 5.95. The molecule has 0 bridgehead atoms. The highest BCUT2D eigenvalue weighted by Gasteiger charge is 2.12. The first kappa shape index (κ1) is 16.8. The van der Waals surface area contributed by atoms with Crippen molar-refractivity contribution in [3.05, 3.63) is 64.2 Å². The number of nitriles is 1. The Hall–Kier alpha value is -2.06. The van der Waals surface area contributed by atoms with E-state index in [0.717, 1.165) is 38.5 Å². The van der Waals surface area contributed by atoms with E-state index in [1.165, 1.54) is 11.1 Å². The van der Waals surface area contributed by atoms with Gasteiger partial charge in [0.25, 0.3) is 0 Å². The monoisotopic (exact) mass is 341 g/mol. The van der Waals surface area contributed by atoms with Gasteiger partial charge < -0.3 is 10.1 Å². The predicted octanol–water partition coefficient (Wildman–Crippen LogP) is 3.66. The molecular weight excluding hydrogens is 322 g/mol. The molecule has 0 aliphatic carbocycles. The van der Waals surface area contributed by atoms with Crippen LogP contribution in [0.2, 0.25) is 5.02 Å². The summed E-state index contributed by atoms with van der Waals surface area (Å²) in [7, 11) is 0. The lowest BCUT2D eigenvalue weighted by molar-refractivity contribution is 0.0341.